The summed E-state index contributed by atoms with van der Waals surface area (Å²) in [6.45, 7) is 12.1. The van der Waals surface area contributed by atoms with E-state index in [-0.39, 0.29) is 28.4 Å². The van der Waals surface area contributed by atoms with E-state index in [1.54, 1.807) is 0 Å². The number of nitrogens with two attached hydrogens (primary N) is 1. The Morgan fingerprint density at radius 3 is 1.82 bits per heavy atom. The van der Waals surface area contributed by atoms with E-state index in [2.05, 4.69) is 20.8 Å². The van der Waals surface area contributed by atoms with E-state index in [0.29, 0.717) is 12.8 Å². The van der Waals surface area contributed by atoms with Crippen molar-refractivity contribution in [1.29, 1.82) is 0 Å². The number of amides is 1. The van der Waals surface area contributed by atoms with Crippen molar-refractivity contribution in [3.8, 4) is 0 Å². The first-order valence-corrected chi connectivity index (χ1v) is 6.26. The van der Waals surface area contributed by atoms with Crippen LogP contribution in [0.2, 0.25) is 0 Å². The third-order valence-electron chi connectivity index (χ3n) is 2.71. The van der Waals surface area contributed by atoms with Gasteiger partial charge in [0.05, 0.1) is 0 Å². The van der Waals surface area contributed by atoms with Crippen molar-refractivity contribution >= 4 is 11.7 Å². The zero-order valence-electron chi connectivity index (χ0n) is 12.1. The Morgan fingerprint density at radius 1 is 1.06 bits per heavy atom. The first kappa shape index (κ1) is 16.1. The van der Waals surface area contributed by atoms with E-state index in [9.17, 15) is 9.59 Å². The molecule has 0 aromatic carbocycles. The number of carbonyl (C=O) groups is 2. The Balaban J connectivity index is 4.73. The third kappa shape index (κ3) is 7.14. The summed E-state index contributed by atoms with van der Waals surface area (Å²) < 4.78 is 0. The van der Waals surface area contributed by atoms with Crippen LogP contribution in [-0.2, 0) is 9.59 Å². The van der Waals surface area contributed by atoms with Crippen molar-refractivity contribution in [1.82, 2.24) is 0 Å². The van der Waals surface area contributed by atoms with Crippen LogP contribution in [0.25, 0.3) is 0 Å². The molecule has 0 spiro atoms. The highest BCUT2D eigenvalue weighted by Crippen LogP contribution is 2.32. The maximum atomic E-state index is 12.3. The fraction of sp³-hybridized carbons (Fsp3) is 0.857. The van der Waals surface area contributed by atoms with Gasteiger partial charge in [-0.2, -0.15) is 0 Å². The Labute approximate surface area is 105 Å². The molecule has 0 saturated carbocycles. The van der Waals surface area contributed by atoms with Crippen LogP contribution in [-0.4, -0.2) is 11.7 Å². The van der Waals surface area contributed by atoms with Gasteiger partial charge in [0.15, 0.2) is 0 Å². The van der Waals surface area contributed by atoms with Crippen LogP contribution < -0.4 is 5.73 Å². The van der Waals surface area contributed by atoms with Crippen LogP contribution in [0.3, 0.4) is 0 Å². The molecule has 17 heavy (non-hydrogen) atoms. The number of hydrogen-bond donors (Lipinski definition) is 1. The van der Waals surface area contributed by atoms with E-state index in [1.807, 2.05) is 20.8 Å². The van der Waals surface area contributed by atoms with Gasteiger partial charge in [0, 0.05) is 17.8 Å². The number of rotatable bonds is 5. The highest BCUT2D eigenvalue weighted by Gasteiger charge is 2.32. The van der Waals surface area contributed by atoms with Gasteiger partial charge in [-0.05, 0) is 18.3 Å². The average Bonchev–Trinajstić information content (AvgIpc) is 2.07. The third-order valence-corrected chi connectivity index (χ3v) is 2.71. The molecule has 0 aliphatic carbocycles. The molecule has 0 heterocycles. The molecule has 0 aliphatic rings. The molecule has 0 saturated heterocycles. The van der Waals surface area contributed by atoms with Gasteiger partial charge in [-0.15, -0.1) is 0 Å². The molecule has 0 radical (unpaired) electrons. The van der Waals surface area contributed by atoms with Gasteiger partial charge in [0.1, 0.15) is 5.78 Å². The van der Waals surface area contributed by atoms with Gasteiger partial charge in [-0.3, -0.25) is 9.59 Å². The molecule has 1 unspecified atom stereocenters. The topological polar surface area (TPSA) is 60.2 Å². The fourth-order valence-corrected chi connectivity index (χ4v) is 1.99. The van der Waals surface area contributed by atoms with Gasteiger partial charge in [-0.25, -0.2) is 0 Å². The first-order valence-electron chi connectivity index (χ1n) is 6.26. The Bertz CT molecular complexity index is 282. The second kappa shape index (κ2) is 5.65. The number of Topliss-reactive ketones (excluding diaryl/α,β-unsaturated/α-hetero) is 1. The minimum absolute atomic E-state index is 0.0671. The van der Waals surface area contributed by atoms with Crippen LogP contribution in [0.4, 0.5) is 0 Å². The zero-order chi connectivity index (χ0) is 13.9. The average molecular weight is 241 g/mol. The summed E-state index contributed by atoms with van der Waals surface area (Å²) in [6.07, 6.45) is 1.67. The first-order chi connectivity index (χ1) is 7.43. The molecule has 1 atom stereocenters. The monoisotopic (exact) mass is 241 g/mol. The van der Waals surface area contributed by atoms with E-state index in [1.165, 1.54) is 0 Å². The smallest absolute Gasteiger partial charge is 0.217 e. The molecular weight excluding hydrogens is 214 g/mol. The summed E-state index contributed by atoms with van der Waals surface area (Å²) in [5.41, 5.74) is 4.90. The fourth-order valence-electron chi connectivity index (χ4n) is 1.99. The van der Waals surface area contributed by atoms with Crippen LogP contribution >= 0.6 is 0 Å². The molecule has 3 heteroatoms. The summed E-state index contributed by atoms with van der Waals surface area (Å²) in [6, 6.07) is 0. The van der Waals surface area contributed by atoms with Crippen molar-refractivity contribution in [2.45, 2.75) is 60.8 Å². The van der Waals surface area contributed by atoms with Crippen molar-refractivity contribution in [2.24, 2.45) is 22.5 Å². The molecule has 0 rings (SSSR count). The molecular formula is C14H27NO2. The molecule has 3 nitrogen and oxygen atoms in total. The van der Waals surface area contributed by atoms with Gasteiger partial charge in [-0.1, -0.05) is 41.5 Å². The summed E-state index contributed by atoms with van der Waals surface area (Å²) >= 11 is 0. The lowest BCUT2D eigenvalue weighted by molar-refractivity contribution is -0.132. The minimum atomic E-state index is -0.354. The van der Waals surface area contributed by atoms with Crippen LogP contribution in [0.1, 0.15) is 60.8 Å². The maximum absolute atomic E-state index is 12.3. The normalized spacial score (nSPS) is 14.5. The van der Waals surface area contributed by atoms with Gasteiger partial charge < -0.3 is 5.73 Å². The Hall–Kier alpha value is -0.860. The van der Waals surface area contributed by atoms with E-state index in [4.69, 9.17) is 5.73 Å². The predicted octanol–water partition coefficient (Wildman–Crippen LogP) is 2.92. The van der Waals surface area contributed by atoms with Crippen LogP contribution in [0, 0.1) is 16.7 Å². The highest BCUT2D eigenvalue weighted by molar-refractivity contribution is 5.86. The molecule has 0 aromatic rings. The van der Waals surface area contributed by atoms with Gasteiger partial charge >= 0.3 is 0 Å². The number of primary amides is 1. The second-order valence-electron chi connectivity index (χ2n) is 7.08. The maximum Gasteiger partial charge on any atom is 0.217 e. The largest absolute Gasteiger partial charge is 0.370 e. The summed E-state index contributed by atoms with van der Waals surface area (Å²) in [7, 11) is 0. The molecule has 100 valence electrons. The summed E-state index contributed by atoms with van der Waals surface area (Å²) in [5, 5.41) is 0. The lowest BCUT2D eigenvalue weighted by Gasteiger charge is -2.29. The number of hydrogen-bond acceptors (Lipinski definition) is 2. The number of ketones is 1. The second-order valence-corrected chi connectivity index (χ2v) is 7.08. The number of carbonyl (C=O) groups excluding carboxylic acids is 2. The quantitative estimate of drug-likeness (QED) is 0.804. The lowest BCUT2D eigenvalue weighted by Crippen LogP contribution is -2.32. The van der Waals surface area contributed by atoms with E-state index in [0.717, 1.165) is 6.42 Å². The zero-order valence-corrected chi connectivity index (χ0v) is 12.1. The van der Waals surface area contributed by atoms with Crippen LogP contribution in [0.5, 0.6) is 0 Å². The van der Waals surface area contributed by atoms with Crippen molar-refractivity contribution in [3.63, 3.8) is 0 Å². The lowest BCUT2D eigenvalue weighted by atomic mass is 9.74. The molecule has 2 N–H and O–H groups in total. The van der Waals surface area contributed by atoms with E-state index < -0.39 is 0 Å². The van der Waals surface area contributed by atoms with Gasteiger partial charge in [0.2, 0.25) is 5.91 Å². The predicted molar refractivity (Wildman–Crippen MR) is 70.5 cm³/mol. The highest BCUT2D eigenvalue weighted by atomic mass is 16.1. The van der Waals surface area contributed by atoms with Crippen molar-refractivity contribution in [3.05, 3.63) is 0 Å². The molecule has 0 aromatic heterocycles. The van der Waals surface area contributed by atoms with Crippen LogP contribution in [0.15, 0.2) is 0 Å². The van der Waals surface area contributed by atoms with Crippen molar-refractivity contribution in [2.75, 3.05) is 0 Å². The Kier molecular flexibility index (Phi) is 5.37. The Morgan fingerprint density at radius 2 is 1.53 bits per heavy atom. The summed E-state index contributed by atoms with van der Waals surface area (Å²) in [5.74, 6) is -0.165. The molecule has 0 bridgehead atoms. The molecule has 0 fully saturated rings. The standard InChI is InChI=1S/C14H27NO2/c1-13(2,3)9-10(7-8-11(15)16)12(17)14(4,5)6/h10H,7-9H2,1-6H3,(H2,15,16). The summed E-state index contributed by atoms with van der Waals surface area (Å²) in [4.78, 5) is 23.2. The SMILES string of the molecule is CC(C)(C)CC(CCC(N)=O)C(=O)C(C)(C)C. The minimum Gasteiger partial charge on any atom is -0.370 e. The molecule has 1 amide bonds. The van der Waals surface area contributed by atoms with Crippen molar-refractivity contribution < 1.29 is 9.59 Å². The van der Waals surface area contributed by atoms with E-state index >= 15 is 0 Å². The van der Waals surface area contributed by atoms with Gasteiger partial charge in [0.25, 0.3) is 0 Å². The molecule has 0 aliphatic heterocycles.